The summed E-state index contributed by atoms with van der Waals surface area (Å²) in [6.07, 6.45) is 0. The predicted molar refractivity (Wildman–Crippen MR) is 122 cm³/mol. The Hall–Kier alpha value is -3.57. The molecule has 4 rings (SSSR count). The molecule has 0 bridgehead atoms. The lowest BCUT2D eigenvalue weighted by Crippen LogP contribution is -2.10. The molecule has 156 valence electrons. The second-order valence-corrected chi connectivity index (χ2v) is 7.68. The summed E-state index contributed by atoms with van der Waals surface area (Å²) in [7, 11) is 0. The molecule has 0 unspecified atom stereocenters. The fraction of sp³-hybridized carbons (Fsp3) is 0.120. The summed E-state index contributed by atoms with van der Waals surface area (Å²) in [6, 6.07) is 25.3. The first-order valence-corrected chi connectivity index (χ1v) is 10.2. The standard InChI is InChI=1S/C25H21ClN2O3/c1-17-7-12-24(31-16-25(29)30)21(13-17)22-14-23(19-8-10-20(26)11-9-19)28(27-22)15-18-5-3-2-4-6-18/h2-14H,15-16H2,1H3,(H,29,30). The molecule has 0 amide bonds. The highest BCUT2D eigenvalue weighted by atomic mass is 35.5. The minimum atomic E-state index is -1.03. The summed E-state index contributed by atoms with van der Waals surface area (Å²) < 4.78 is 7.47. The van der Waals surface area contributed by atoms with Crippen LogP contribution in [0.5, 0.6) is 5.75 Å². The van der Waals surface area contributed by atoms with Crippen molar-refractivity contribution in [3.8, 4) is 28.3 Å². The fourth-order valence-electron chi connectivity index (χ4n) is 3.39. The number of aryl methyl sites for hydroxylation is 1. The zero-order valence-corrected chi connectivity index (χ0v) is 17.7. The average Bonchev–Trinajstić information content (AvgIpc) is 3.17. The van der Waals surface area contributed by atoms with Crippen molar-refractivity contribution in [2.45, 2.75) is 13.5 Å². The van der Waals surface area contributed by atoms with Crippen LogP contribution in [0.3, 0.4) is 0 Å². The third kappa shape index (κ3) is 4.95. The van der Waals surface area contributed by atoms with E-state index in [0.717, 1.165) is 27.9 Å². The van der Waals surface area contributed by atoms with Crippen molar-refractivity contribution in [2.75, 3.05) is 6.61 Å². The SMILES string of the molecule is Cc1ccc(OCC(=O)O)c(-c2cc(-c3ccc(Cl)cc3)n(Cc3ccccc3)n2)c1. The zero-order chi connectivity index (χ0) is 21.8. The van der Waals surface area contributed by atoms with Crippen LogP contribution in [-0.4, -0.2) is 27.5 Å². The number of nitrogens with zero attached hydrogens (tertiary/aromatic N) is 2. The molecule has 5 nitrogen and oxygen atoms in total. The van der Waals surface area contributed by atoms with Gasteiger partial charge in [0.2, 0.25) is 0 Å². The third-order valence-electron chi connectivity index (χ3n) is 4.86. The van der Waals surface area contributed by atoms with Crippen molar-refractivity contribution >= 4 is 17.6 Å². The lowest BCUT2D eigenvalue weighted by molar-refractivity contribution is -0.139. The van der Waals surface area contributed by atoms with Gasteiger partial charge < -0.3 is 9.84 Å². The van der Waals surface area contributed by atoms with Crippen LogP contribution < -0.4 is 4.74 Å². The number of halogens is 1. The third-order valence-corrected chi connectivity index (χ3v) is 5.11. The molecular weight excluding hydrogens is 412 g/mol. The van der Waals surface area contributed by atoms with E-state index in [1.54, 1.807) is 6.07 Å². The largest absolute Gasteiger partial charge is 0.481 e. The summed E-state index contributed by atoms with van der Waals surface area (Å²) in [5.41, 5.74) is 5.54. The van der Waals surface area contributed by atoms with Gasteiger partial charge in [0.15, 0.2) is 6.61 Å². The van der Waals surface area contributed by atoms with Gasteiger partial charge in [-0.05, 0) is 48.4 Å². The van der Waals surface area contributed by atoms with E-state index in [1.807, 2.05) is 72.3 Å². The molecular formula is C25H21ClN2O3. The minimum absolute atomic E-state index is 0.412. The van der Waals surface area contributed by atoms with Crippen LogP contribution >= 0.6 is 11.6 Å². The molecule has 3 aromatic carbocycles. The summed E-state index contributed by atoms with van der Waals surface area (Å²) >= 11 is 6.08. The zero-order valence-electron chi connectivity index (χ0n) is 17.0. The Morgan fingerprint density at radius 2 is 1.77 bits per heavy atom. The Bertz CT molecular complexity index is 1200. The summed E-state index contributed by atoms with van der Waals surface area (Å²) in [6.45, 7) is 2.16. The first-order chi connectivity index (χ1) is 15.0. The molecule has 0 saturated heterocycles. The number of carbonyl (C=O) groups is 1. The molecule has 0 fully saturated rings. The molecule has 0 aliphatic carbocycles. The van der Waals surface area contributed by atoms with Gasteiger partial charge in [-0.1, -0.05) is 65.7 Å². The van der Waals surface area contributed by atoms with Crippen molar-refractivity contribution in [1.29, 1.82) is 0 Å². The Balaban J connectivity index is 1.80. The second kappa shape index (κ2) is 9.06. The van der Waals surface area contributed by atoms with E-state index < -0.39 is 12.6 Å². The molecule has 0 spiro atoms. The van der Waals surface area contributed by atoms with Gasteiger partial charge in [-0.3, -0.25) is 4.68 Å². The number of aromatic nitrogens is 2. The topological polar surface area (TPSA) is 64.3 Å². The Labute approximate surface area is 185 Å². The smallest absolute Gasteiger partial charge is 0.341 e. The Kier molecular flexibility index (Phi) is 6.05. The van der Waals surface area contributed by atoms with Gasteiger partial charge in [-0.25, -0.2) is 4.79 Å². The number of hydrogen-bond donors (Lipinski definition) is 1. The van der Waals surface area contributed by atoms with Gasteiger partial charge >= 0.3 is 5.97 Å². The van der Waals surface area contributed by atoms with Crippen molar-refractivity contribution < 1.29 is 14.6 Å². The van der Waals surface area contributed by atoms with E-state index in [2.05, 4.69) is 12.1 Å². The molecule has 1 N–H and O–H groups in total. The van der Waals surface area contributed by atoms with E-state index >= 15 is 0 Å². The van der Waals surface area contributed by atoms with Crippen LogP contribution in [0.15, 0.2) is 78.9 Å². The van der Waals surface area contributed by atoms with Crippen LogP contribution in [0.2, 0.25) is 5.02 Å². The molecule has 6 heteroatoms. The van der Waals surface area contributed by atoms with Crippen LogP contribution in [0.1, 0.15) is 11.1 Å². The summed E-state index contributed by atoms with van der Waals surface area (Å²) in [5.74, 6) is -0.539. The Morgan fingerprint density at radius 1 is 1.03 bits per heavy atom. The number of carboxylic acid groups (broad SMARTS) is 1. The average molecular weight is 433 g/mol. The molecule has 1 aromatic heterocycles. The normalized spacial score (nSPS) is 10.8. The van der Waals surface area contributed by atoms with Gasteiger partial charge in [0.25, 0.3) is 0 Å². The van der Waals surface area contributed by atoms with Crippen molar-refractivity contribution in [2.24, 2.45) is 0 Å². The molecule has 1 heterocycles. The first kappa shape index (κ1) is 20.7. The van der Waals surface area contributed by atoms with Crippen molar-refractivity contribution in [3.63, 3.8) is 0 Å². The molecule has 0 saturated carbocycles. The van der Waals surface area contributed by atoms with E-state index in [0.29, 0.717) is 23.0 Å². The van der Waals surface area contributed by atoms with Gasteiger partial charge in [0, 0.05) is 10.6 Å². The molecule has 0 aliphatic rings. The maximum Gasteiger partial charge on any atom is 0.341 e. The predicted octanol–water partition coefficient (Wildman–Crippen LogP) is 5.69. The number of hydrogen-bond acceptors (Lipinski definition) is 3. The number of carboxylic acids is 1. The lowest BCUT2D eigenvalue weighted by Gasteiger charge is -2.09. The van der Waals surface area contributed by atoms with E-state index in [9.17, 15) is 4.79 Å². The maximum absolute atomic E-state index is 11.0. The Morgan fingerprint density at radius 3 is 2.48 bits per heavy atom. The van der Waals surface area contributed by atoms with Crippen molar-refractivity contribution in [1.82, 2.24) is 9.78 Å². The highest BCUT2D eigenvalue weighted by Gasteiger charge is 2.16. The number of benzene rings is 3. The van der Waals surface area contributed by atoms with Gasteiger partial charge in [-0.2, -0.15) is 5.10 Å². The lowest BCUT2D eigenvalue weighted by atomic mass is 10.1. The number of ether oxygens (including phenoxy) is 1. The highest BCUT2D eigenvalue weighted by molar-refractivity contribution is 6.30. The van der Waals surface area contributed by atoms with Crippen LogP contribution in [0.25, 0.3) is 22.5 Å². The van der Waals surface area contributed by atoms with Gasteiger partial charge in [0.1, 0.15) is 5.75 Å². The molecule has 0 aliphatic heterocycles. The minimum Gasteiger partial charge on any atom is -0.481 e. The van der Waals surface area contributed by atoms with E-state index in [1.165, 1.54) is 0 Å². The first-order valence-electron chi connectivity index (χ1n) is 9.83. The maximum atomic E-state index is 11.0. The van der Waals surface area contributed by atoms with Crippen LogP contribution in [0, 0.1) is 6.92 Å². The number of rotatable bonds is 7. The summed E-state index contributed by atoms with van der Waals surface area (Å²) in [5, 5.41) is 14.5. The van der Waals surface area contributed by atoms with Crippen molar-refractivity contribution in [3.05, 3.63) is 95.0 Å². The quantitative estimate of drug-likeness (QED) is 0.407. The molecule has 4 aromatic rings. The van der Waals surface area contributed by atoms with Gasteiger partial charge in [0.05, 0.1) is 17.9 Å². The fourth-order valence-corrected chi connectivity index (χ4v) is 3.51. The summed E-state index contributed by atoms with van der Waals surface area (Å²) in [4.78, 5) is 11.0. The highest BCUT2D eigenvalue weighted by Crippen LogP contribution is 2.34. The van der Waals surface area contributed by atoms with Crippen LogP contribution in [0.4, 0.5) is 0 Å². The monoisotopic (exact) mass is 432 g/mol. The molecule has 31 heavy (non-hydrogen) atoms. The molecule has 0 radical (unpaired) electrons. The van der Waals surface area contributed by atoms with Gasteiger partial charge in [-0.15, -0.1) is 0 Å². The molecule has 0 atom stereocenters. The second-order valence-electron chi connectivity index (χ2n) is 7.25. The van der Waals surface area contributed by atoms with E-state index in [4.69, 9.17) is 26.5 Å². The van der Waals surface area contributed by atoms with Crippen LogP contribution in [-0.2, 0) is 11.3 Å². The number of aliphatic carboxylic acids is 1. The van der Waals surface area contributed by atoms with E-state index in [-0.39, 0.29) is 0 Å².